The molecule has 0 aliphatic carbocycles. The summed E-state index contributed by atoms with van der Waals surface area (Å²) in [6.45, 7) is 1.40. The molecule has 3 heterocycles. The van der Waals surface area contributed by atoms with Crippen LogP contribution in [-0.4, -0.2) is 46.5 Å². The van der Waals surface area contributed by atoms with Gasteiger partial charge in [-0.3, -0.25) is 14.0 Å². The van der Waals surface area contributed by atoms with E-state index < -0.39 is 33.6 Å². The van der Waals surface area contributed by atoms with Gasteiger partial charge in [-0.2, -0.15) is 13.2 Å². The van der Waals surface area contributed by atoms with E-state index in [2.05, 4.69) is 20.9 Å². The first-order valence-corrected chi connectivity index (χ1v) is 9.93. The number of carbonyl (C=O) groups excluding carboxylic acids is 1. The predicted molar refractivity (Wildman–Crippen MR) is 106 cm³/mol. The average molecular weight is 500 g/mol. The fraction of sp³-hybridized carbons (Fsp3) is 0.250. The zero-order chi connectivity index (χ0) is 22.3. The van der Waals surface area contributed by atoms with Gasteiger partial charge in [-0.25, -0.2) is 9.37 Å². The van der Waals surface area contributed by atoms with Crippen molar-refractivity contribution in [3.05, 3.63) is 68.4 Å². The van der Waals surface area contributed by atoms with Crippen molar-refractivity contribution < 1.29 is 27.1 Å². The lowest BCUT2D eigenvalue weighted by molar-refractivity contribution is -0.141. The van der Waals surface area contributed by atoms with Gasteiger partial charge < -0.3 is 9.64 Å². The molecule has 4 rings (SSSR count). The van der Waals surface area contributed by atoms with E-state index in [1.54, 1.807) is 0 Å². The maximum absolute atomic E-state index is 14.8. The predicted octanol–water partition coefficient (Wildman–Crippen LogP) is 3.75. The number of halogens is 5. The second-order valence-electron chi connectivity index (χ2n) is 6.79. The standard InChI is InChI=1S/C20H14BrF4N3O3/c21-15-16(20(23,24)25)26-17-12(2-1-5-28(17)19(15)30)11-3-4-13(14(22)10-11)18(29)27-6-8-31-9-7-27/h1-5,10H,6-9H2. The molecule has 31 heavy (non-hydrogen) atoms. The number of ether oxygens (including phenoxy) is 1. The van der Waals surface area contributed by atoms with Crippen molar-refractivity contribution in [1.29, 1.82) is 0 Å². The van der Waals surface area contributed by atoms with Crippen molar-refractivity contribution in [2.24, 2.45) is 0 Å². The van der Waals surface area contributed by atoms with Gasteiger partial charge in [0.05, 0.1) is 18.8 Å². The molecule has 1 aliphatic rings. The SMILES string of the molecule is O=C(c1ccc(-c2cccn3c(=O)c(Br)c(C(F)(F)F)nc23)cc1F)N1CCOCC1. The molecule has 0 N–H and O–H groups in total. The van der Waals surface area contributed by atoms with Crippen molar-refractivity contribution in [2.75, 3.05) is 26.3 Å². The molecule has 6 nitrogen and oxygen atoms in total. The van der Waals surface area contributed by atoms with E-state index in [0.717, 1.165) is 10.5 Å². The fourth-order valence-corrected chi connectivity index (χ4v) is 3.85. The van der Waals surface area contributed by atoms with Crippen LogP contribution >= 0.6 is 15.9 Å². The van der Waals surface area contributed by atoms with E-state index >= 15 is 0 Å². The summed E-state index contributed by atoms with van der Waals surface area (Å²) in [5.41, 5.74) is -2.47. The minimum Gasteiger partial charge on any atom is -0.378 e. The molecular weight excluding hydrogens is 486 g/mol. The highest BCUT2D eigenvalue weighted by Crippen LogP contribution is 2.33. The van der Waals surface area contributed by atoms with Gasteiger partial charge in [0, 0.05) is 24.8 Å². The number of fused-ring (bicyclic) bond motifs is 1. The van der Waals surface area contributed by atoms with Crippen LogP contribution in [0.3, 0.4) is 0 Å². The third-order valence-corrected chi connectivity index (χ3v) is 5.59. The molecule has 0 atom stereocenters. The first kappa shape index (κ1) is 21.4. The molecule has 0 bridgehead atoms. The number of nitrogens with zero attached hydrogens (tertiary/aromatic N) is 3. The van der Waals surface area contributed by atoms with Gasteiger partial charge >= 0.3 is 6.18 Å². The molecule has 11 heteroatoms. The zero-order valence-electron chi connectivity index (χ0n) is 15.7. The second-order valence-corrected chi connectivity index (χ2v) is 7.58. The normalized spacial score (nSPS) is 14.8. The minimum absolute atomic E-state index is 0.113. The van der Waals surface area contributed by atoms with Crippen molar-refractivity contribution in [2.45, 2.75) is 6.18 Å². The van der Waals surface area contributed by atoms with Crippen LogP contribution in [0.4, 0.5) is 17.6 Å². The van der Waals surface area contributed by atoms with Crippen molar-refractivity contribution in [3.8, 4) is 11.1 Å². The summed E-state index contributed by atoms with van der Waals surface area (Å²) in [5.74, 6) is -1.32. The van der Waals surface area contributed by atoms with E-state index in [1.165, 1.54) is 35.4 Å². The van der Waals surface area contributed by atoms with E-state index in [4.69, 9.17) is 4.74 Å². The number of carbonyl (C=O) groups is 1. The molecule has 1 fully saturated rings. The highest BCUT2D eigenvalue weighted by molar-refractivity contribution is 9.10. The number of alkyl halides is 3. The smallest absolute Gasteiger partial charge is 0.378 e. The van der Waals surface area contributed by atoms with Crippen LogP contribution in [0.15, 0.2) is 45.8 Å². The summed E-state index contributed by atoms with van der Waals surface area (Å²) in [4.78, 5) is 30.1. The monoisotopic (exact) mass is 499 g/mol. The van der Waals surface area contributed by atoms with Gasteiger partial charge in [0.15, 0.2) is 5.69 Å². The zero-order valence-corrected chi connectivity index (χ0v) is 17.3. The van der Waals surface area contributed by atoms with E-state index in [-0.39, 0.29) is 22.3 Å². The van der Waals surface area contributed by atoms with Crippen LogP contribution in [0.5, 0.6) is 0 Å². The van der Waals surface area contributed by atoms with Crippen molar-refractivity contribution in [1.82, 2.24) is 14.3 Å². The Morgan fingerprint density at radius 2 is 1.87 bits per heavy atom. The molecule has 0 radical (unpaired) electrons. The van der Waals surface area contributed by atoms with Crippen LogP contribution in [-0.2, 0) is 10.9 Å². The molecule has 1 saturated heterocycles. The van der Waals surface area contributed by atoms with Gasteiger partial charge in [0.25, 0.3) is 11.5 Å². The lowest BCUT2D eigenvalue weighted by Gasteiger charge is -2.27. The summed E-state index contributed by atoms with van der Waals surface area (Å²) < 4.78 is 60.2. The highest BCUT2D eigenvalue weighted by atomic mass is 79.9. The molecule has 1 amide bonds. The Morgan fingerprint density at radius 1 is 1.16 bits per heavy atom. The molecule has 0 spiro atoms. The number of pyridine rings is 1. The van der Waals surface area contributed by atoms with Crippen molar-refractivity contribution >= 4 is 27.5 Å². The number of benzene rings is 1. The quantitative estimate of drug-likeness (QED) is 0.503. The van der Waals surface area contributed by atoms with Gasteiger partial charge in [-0.15, -0.1) is 0 Å². The van der Waals surface area contributed by atoms with E-state index in [0.29, 0.717) is 26.3 Å². The van der Waals surface area contributed by atoms with E-state index in [9.17, 15) is 27.2 Å². The summed E-state index contributed by atoms with van der Waals surface area (Å²) in [6.07, 6.45) is -3.59. The maximum atomic E-state index is 14.8. The Hall–Kier alpha value is -2.79. The Morgan fingerprint density at radius 3 is 2.52 bits per heavy atom. The molecule has 3 aromatic rings. The number of hydrogen-bond donors (Lipinski definition) is 0. The second kappa shape index (κ2) is 8.04. The molecule has 1 aliphatic heterocycles. The molecular formula is C20H14BrF4N3O3. The molecule has 0 saturated carbocycles. The summed E-state index contributed by atoms with van der Waals surface area (Å²) in [6, 6.07) is 6.59. The number of aromatic nitrogens is 2. The number of morpholine rings is 1. The largest absolute Gasteiger partial charge is 0.434 e. The van der Waals surface area contributed by atoms with Gasteiger partial charge in [-0.05, 0) is 45.8 Å². The number of rotatable bonds is 2. The Bertz CT molecular complexity index is 1240. The van der Waals surface area contributed by atoms with Gasteiger partial charge in [0.1, 0.15) is 15.9 Å². The Kier molecular flexibility index (Phi) is 5.56. The first-order valence-electron chi connectivity index (χ1n) is 9.13. The molecule has 162 valence electrons. The third kappa shape index (κ3) is 3.94. The lowest BCUT2D eigenvalue weighted by Crippen LogP contribution is -2.41. The minimum atomic E-state index is -4.86. The number of hydrogen-bond acceptors (Lipinski definition) is 4. The summed E-state index contributed by atoms with van der Waals surface area (Å²) >= 11 is 2.67. The highest BCUT2D eigenvalue weighted by Gasteiger charge is 2.37. The average Bonchev–Trinajstić information content (AvgIpc) is 2.75. The summed E-state index contributed by atoms with van der Waals surface area (Å²) in [7, 11) is 0. The molecule has 2 aromatic heterocycles. The Labute approximate surface area is 181 Å². The molecule has 0 unspecified atom stereocenters. The maximum Gasteiger partial charge on any atom is 0.434 e. The topological polar surface area (TPSA) is 63.9 Å². The van der Waals surface area contributed by atoms with Crippen molar-refractivity contribution in [3.63, 3.8) is 0 Å². The fourth-order valence-electron chi connectivity index (χ4n) is 3.35. The number of amides is 1. The Balaban J connectivity index is 1.82. The van der Waals surface area contributed by atoms with Crippen LogP contribution in [0, 0.1) is 5.82 Å². The van der Waals surface area contributed by atoms with Crippen LogP contribution in [0.25, 0.3) is 16.8 Å². The first-order chi connectivity index (χ1) is 14.7. The van der Waals surface area contributed by atoms with Gasteiger partial charge in [0.2, 0.25) is 0 Å². The lowest BCUT2D eigenvalue weighted by atomic mass is 10.0. The summed E-state index contributed by atoms with van der Waals surface area (Å²) in [5, 5.41) is 0. The van der Waals surface area contributed by atoms with Crippen LogP contribution < -0.4 is 5.56 Å². The van der Waals surface area contributed by atoms with E-state index in [1.807, 2.05) is 0 Å². The van der Waals surface area contributed by atoms with Gasteiger partial charge in [-0.1, -0.05) is 6.07 Å². The van der Waals surface area contributed by atoms with Crippen LogP contribution in [0.2, 0.25) is 0 Å². The van der Waals surface area contributed by atoms with Crippen LogP contribution in [0.1, 0.15) is 16.1 Å². The third-order valence-electron chi connectivity index (χ3n) is 4.88. The molecule has 1 aromatic carbocycles.